The highest BCUT2D eigenvalue weighted by molar-refractivity contribution is 7.13. The molecule has 2 N–H and O–H groups in total. The van der Waals surface area contributed by atoms with E-state index in [1.54, 1.807) is 19.1 Å². The zero-order valence-corrected chi connectivity index (χ0v) is 12.9. The van der Waals surface area contributed by atoms with Crippen LogP contribution in [0, 0.1) is 12.7 Å². The Bertz CT molecular complexity index is 697. The van der Waals surface area contributed by atoms with Crippen molar-refractivity contribution in [1.29, 1.82) is 0 Å². The van der Waals surface area contributed by atoms with E-state index in [0.717, 1.165) is 10.6 Å². The molecular weight excluding hydrogens is 307 g/mol. The molecule has 1 aromatic heterocycles. The lowest BCUT2D eigenvalue weighted by Gasteiger charge is -2.07. The number of hydrogen-bond donors (Lipinski definition) is 2. The summed E-state index contributed by atoms with van der Waals surface area (Å²) >= 11 is 1.21. The van der Waals surface area contributed by atoms with Gasteiger partial charge in [0.2, 0.25) is 0 Å². The molecule has 0 saturated heterocycles. The molecular formula is C15H15FN2O3S. The summed E-state index contributed by atoms with van der Waals surface area (Å²) in [6.45, 7) is 3.10. The molecule has 2 aromatic rings. The summed E-state index contributed by atoms with van der Waals surface area (Å²) < 4.78 is 12.9. The van der Waals surface area contributed by atoms with Crippen LogP contribution in [0.3, 0.4) is 0 Å². The second-order valence-electron chi connectivity index (χ2n) is 4.86. The normalized spacial score (nSPS) is 12.0. The van der Waals surface area contributed by atoms with E-state index in [2.05, 4.69) is 10.3 Å². The first-order chi connectivity index (χ1) is 10.4. The Kier molecular flexibility index (Phi) is 4.87. The minimum atomic E-state index is -1.10. The number of amides is 1. The number of aliphatic carboxylic acids is 1. The second kappa shape index (κ2) is 6.65. The Morgan fingerprint density at radius 3 is 2.59 bits per heavy atom. The Morgan fingerprint density at radius 2 is 2.00 bits per heavy atom. The molecule has 5 nitrogen and oxygen atoms in total. The van der Waals surface area contributed by atoms with Crippen molar-refractivity contribution in [1.82, 2.24) is 10.3 Å². The Hall–Kier alpha value is -2.28. The molecule has 1 aromatic carbocycles. The lowest BCUT2D eigenvalue weighted by molar-refractivity contribution is -0.138. The first-order valence-corrected chi connectivity index (χ1v) is 7.43. The van der Waals surface area contributed by atoms with Gasteiger partial charge < -0.3 is 10.4 Å². The molecule has 1 heterocycles. The van der Waals surface area contributed by atoms with E-state index in [4.69, 9.17) is 5.11 Å². The molecule has 0 radical (unpaired) electrons. The first kappa shape index (κ1) is 16.1. The molecule has 0 saturated carbocycles. The lowest BCUT2D eigenvalue weighted by Crippen LogP contribution is -2.38. The molecule has 0 aliphatic rings. The van der Waals surface area contributed by atoms with Gasteiger partial charge in [-0.25, -0.2) is 9.37 Å². The highest BCUT2D eigenvalue weighted by Crippen LogP contribution is 2.21. The van der Waals surface area contributed by atoms with Crippen LogP contribution in [0.2, 0.25) is 0 Å². The van der Waals surface area contributed by atoms with E-state index in [1.807, 2.05) is 0 Å². The number of halogens is 1. The van der Waals surface area contributed by atoms with Gasteiger partial charge in [-0.05, 0) is 31.5 Å². The second-order valence-corrected chi connectivity index (χ2v) is 5.94. The van der Waals surface area contributed by atoms with Crippen LogP contribution in [-0.2, 0) is 11.2 Å². The number of carboxylic acid groups (broad SMARTS) is 1. The van der Waals surface area contributed by atoms with Gasteiger partial charge in [-0.15, -0.1) is 11.3 Å². The van der Waals surface area contributed by atoms with E-state index >= 15 is 0 Å². The minimum Gasteiger partial charge on any atom is -0.480 e. The van der Waals surface area contributed by atoms with Crippen molar-refractivity contribution in [3.63, 3.8) is 0 Å². The average molecular weight is 322 g/mol. The van der Waals surface area contributed by atoms with Crippen LogP contribution >= 0.6 is 11.3 Å². The van der Waals surface area contributed by atoms with Crippen LogP contribution < -0.4 is 5.32 Å². The van der Waals surface area contributed by atoms with E-state index < -0.39 is 17.9 Å². The molecule has 0 unspecified atom stereocenters. The molecule has 0 aliphatic heterocycles. The van der Waals surface area contributed by atoms with Crippen LogP contribution in [0.1, 0.15) is 32.9 Å². The van der Waals surface area contributed by atoms with Gasteiger partial charge in [-0.3, -0.25) is 9.59 Å². The third kappa shape index (κ3) is 3.88. The summed E-state index contributed by atoms with van der Waals surface area (Å²) in [5.41, 5.74) is 1.44. The molecule has 1 atom stereocenters. The molecule has 2 rings (SSSR count). The van der Waals surface area contributed by atoms with E-state index in [1.165, 1.54) is 30.4 Å². The van der Waals surface area contributed by atoms with Crippen molar-refractivity contribution < 1.29 is 19.1 Å². The number of benzene rings is 1. The fourth-order valence-electron chi connectivity index (χ4n) is 1.84. The van der Waals surface area contributed by atoms with Gasteiger partial charge in [-0.2, -0.15) is 0 Å². The summed E-state index contributed by atoms with van der Waals surface area (Å²) in [7, 11) is 0. The lowest BCUT2D eigenvalue weighted by atomic mass is 10.1. The molecule has 0 spiro atoms. The topological polar surface area (TPSA) is 79.3 Å². The maximum absolute atomic E-state index is 12.9. The third-order valence-electron chi connectivity index (χ3n) is 3.03. The Balaban J connectivity index is 2.12. The van der Waals surface area contributed by atoms with Gasteiger partial charge in [-0.1, -0.05) is 12.1 Å². The van der Waals surface area contributed by atoms with Crippen molar-refractivity contribution >= 4 is 23.2 Å². The van der Waals surface area contributed by atoms with Gasteiger partial charge in [0.25, 0.3) is 5.91 Å². The van der Waals surface area contributed by atoms with E-state index in [-0.39, 0.29) is 5.82 Å². The van der Waals surface area contributed by atoms with Crippen LogP contribution in [0.5, 0.6) is 0 Å². The Morgan fingerprint density at radius 1 is 1.36 bits per heavy atom. The quantitative estimate of drug-likeness (QED) is 0.886. The summed E-state index contributed by atoms with van der Waals surface area (Å²) in [6.07, 6.45) is 0.494. The number of nitrogens with one attached hydrogen (secondary N) is 1. The number of carboxylic acids is 1. The average Bonchev–Trinajstić information content (AvgIpc) is 2.82. The maximum Gasteiger partial charge on any atom is 0.325 e. The molecule has 22 heavy (non-hydrogen) atoms. The van der Waals surface area contributed by atoms with Crippen LogP contribution in [-0.4, -0.2) is 28.0 Å². The van der Waals surface area contributed by atoms with Crippen LogP contribution in [0.25, 0.3) is 0 Å². The number of carbonyl (C=O) groups is 2. The van der Waals surface area contributed by atoms with E-state index in [0.29, 0.717) is 17.0 Å². The summed E-state index contributed by atoms with van der Waals surface area (Å²) in [5, 5.41) is 11.9. The minimum absolute atomic E-state index is 0.304. The number of nitrogens with zero attached hydrogens (tertiary/aromatic N) is 1. The zero-order chi connectivity index (χ0) is 16.3. The highest BCUT2D eigenvalue weighted by Gasteiger charge is 2.20. The predicted molar refractivity (Wildman–Crippen MR) is 80.6 cm³/mol. The fraction of sp³-hybridized carbons (Fsp3) is 0.267. The van der Waals surface area contributed by atoms with Crippen molar-refractivity contribution in [2.45, 2.75) is 26.3 Å². The SMILES string of the molecule is Cc1nc(Cc2ccc(F)cc2)sc1C(=O)N[C@H](C)C(=O)O. The first-order valence-electron chi connectivity index (χ1n) is 6.61. The molecule has 0 fully saturated rings. The maximum atomic E-state index is 12.9. The van der Waals surface area contributed by atoms with Crippen molar-refractivity contribution in [3.05, 3.63) is 51.2 Å². The number of carbonyl (C=O) groups excluding carboxylic acids is 1. The number of hydrogen-bond acceptors (Lipinski definition) is 4. The molecule has 1 amide bonds. The standard InChI is InChI=1S/C15H15FN2O3S/c1-8-13(14(19)18-9(2)15(20)21)22-12(17-8)7-10-3-5-11(16)6-4-10/h3-6,9H,7H2,1-2H3,(H,18,19)(H,20,21)/t9-/m1/s1. The van der Waals surface area contributed by atoms with Crippen molar-refractivity contribution in [2.24, 2.45) is 0 Å². The summed E-state index contributed by atoms with van der Waals surface area (Å²) in [6, 6.07) is 5.11. The summed E-state index contributed by atoms with van der Waals surface area (Å²) in [5.74, 6) is -1.85. The predicted octanol–water partition coefficient (Wildman–Crippen LogP) is 2.38. The molecule has 0 bridgehead atoms. The smallest absolute Gasteiger partial charge is 0.325 e. The monoisotopic (exact) mass is 322 g/mol. The summed E-state index contributed by atoms with van der Waals surface area (Å²) in [4.78, 5) is 27.5. The van der Waals surface area contributed by atoms with Crippen molar-refractivity contribution in [3.8, 4) is 0 Å². The third-order valence-corrected chi connectivity index (χ3v) is 4.19. The number of aryl methyl sites for hydroxylation is 1. The molecule has 0 aliphatic carbocycles. The van der Waals surface area contributed by atoms with Crippen molar-refractivity contribution in [2.75, 3.05) is 0 Å². The van der Waals surface area contributed by atoms with E-state index in [9.17, 15) is 14.0 Å². The van der Waals surface area contributed by atoms with Gasteiger partial charge in [0.15, 0.2) is 0 Å². The zero-order valence-electron chi connectivity index (χ0n) is 12.1. The van der Waals surface area contributed by atoms with Gasteiger partial charge in [0, 0.05) is 6.42 Å². The number of aromatic nitrogens is 1. The highest BCUT2D eigenvalue weighted by atomic mass is 32.1. The largest absolute Gasteiger partial charge is 0.480 e. The van der Waals surface area contributed by atoms with Gasteiger partial charge >= 0.3 is 5.97 Å². The molecule has 116 valence electrons. The van der Waals surface area contributed by atoms with Crippen LogP contribution in [0.15, 0.2) is 24.3 Å². The van der Waals surface area contributed by atoms with Crippen LogP contribution in [0.4, 0.5) is 4.39 Å². The fourth-order valence-corrected chi connectivity index (χ4v) is 2.84. The number of thiazole rings is 1. The van der Waals surface area contributed by atoms with Gasteiger partial charge in [0.1, 0.15) is 16.7 Å². The van der Waals surface area contributed by atoms with Gasteiger partial charge in [0.05, 0.1) is 10.7 Å². The number of rotatable bonds is 5. The Labute approximate surface area is 130 Å². The molecule has 7 heteroatoms.